The highest BCUT2D eigenvalue weighted by atomic mass is 16.5. The monoisotopic (exact) mass is 195 g/mol. The Bertz CT molecular complexity index is 313. The lowest BCUT2D eigenvalue weighted by molar-refractivity contribution is 0.0895. The van der Waals surface area contributed by atoms with E-state index in [1.54, 1.807) is 19.4 Å². The fourth-order valence-corrected chi connectivity index (χ4v) is 1.35. The Balaban J connectivity index is 1.95. The summed E-state index contributed by atoms with van der Waals surface area (Å²) >= 11 is 0. The van der Waals surface area contributed by atoms with Gasteiger partial charge in [-0.25, -0.2) is 4.98 Å². The molecule has 0 saturated heterocycles. The molecule has 1 aromatic heterocycles. The molecule has 0 amide bonds. The summed E-state index contributed by atoms with van der Waals surface area (Å²) in [5, 5.41) is 0. The van der Waals surface area contributed by atoms with Crippen molar-refractivity contribution in [3.05, 3.63) is 12.3 Å². The van der Waals surface area contributed by atoms with Crippen LogP contribution in [0.4, 0.5) is 0 Å². The highest BCUT2D eigenvalue weighted by Crippen LogP contribution is 2.22. The molecule has 5 nitrogen and oxygen atoms in total. The third kappa shape index (κ3) is 1.93. The molecule has 0 atom stereocenters. The Morgan fingerprint density at radius 3 is 2.93 bits per heavy atom. The van der Waals surface area contributed by atoms with Crippen LogP contribution in [0.2, 0.25) is 0 Å². The molecule has 0 unspecified atom stereocenters. The first-order chi connectivity index (χ1) is 6.78. The minimum absolute atomic E-state index is 0.164. The Labute approximate surface area is 82.3 Å². The molecule has 14 heavy (non-hydrogen) atoms. The Morgan fingerprint density at radius 1 is 1.50 bits per heavy atom. The zero-order valence-electron chi connectivity index (χ0n) is 8.01. The maximum absolute atomic E-state index is 5.63. The van der Waals surface area contributed by atoms with Crippen LogP contribution in [-0.2, 0) is 0 Å². The molecule has 1 aliphatic carbocycles. The number of nitrogens with zero attached hydrogens (tertiary/aromatic N) is 2. The second-order valence-corrected chi connectivity index (χ2v) is 3.35. The van der Waals surface area contributed by atoms with Gasteiger partial charge in [-0.3, -0.25) is 0 Å². The first-order valence-corrected chi connectivity index (χ1v) is 4.57. The van der Waals surface area contributed by atoms with Gasteiger partial charge in [-0.2, -0.15) is 4.98 Å². The number of nitrogens with two attached hydrogens (primary N) is 1. The summed E-state index contributed by atoms with van der Waals surface area (Å²) in [5.74, 6) is 0.513. The van der Waals surface area contributed by atoms with Gasteiger partial charge in [0.15, 0.2) is 0 Å². The van der Waals surface area contributed by atoms with Gasteiger partial charge in [0.2, 0.25) is 5.88 Å². The van der Waals surface area contributed by atoms with Gasteiger partial charge in [0.1, 0.15) is 6.10 Å². The van der Waals surface area contributed by atoms with E-state index in [1.165, 1.54) is 0 Å². The number of hydrogen-bond acceptors (Lipinski definition) is 5. The van der Waals surface area contributed by atoms with Gasteiger partial charge in [-0.05, 0) is 12.8 Å². The van der Waals surface area contributed by atoms with Crippen LogP contribution < -0.4 is 15.2 Å². The van der Waals surface area contributed by atoms with E-state index in [2.05, 4.69) is 9.97 Å². The molecule has 1 heterocycles. The van der Waals surface area contributed by atoms with Gasteiger partial charge >= 0.3 is 6.01 Å². The molecule has 1 fully saturated rings. The Morgan fingerprint density at radius 2 is 2.29 bits per heavy atom. The maximum atomic E-state index is 5.63. The summed E-state index contributed by atoms with van der Waals surface area (Å²) in [4.78, 5) is 8.02. The predicted octanol–water partition coefficient (Wildman–Crippen LogP) is 0.354. The number of ether oxygens (including phenoxy) is 2. The summed E-state index contributed by atoms with van der Waals surface area (Å²) in [6.07, 6.45) is 3.53. The number of rotatable bonds is 3. The summed E-state index contributed by atoms with van der Waals surface area (Å²) in [7, 11) is 1.56. The normalized spacial score (nSPS) is 25.3. The minimum Gasteiger partial charge on any atom is -0.481 e. The van der Waals surface area contributed by atoms with Crippen LogP contribution in [0, 0.1) is 0 Å². The van der Waals surface area contributed by atoms with E-state index in [0.717, 1.165) is 12.8 Å². The lowest BCUT2D eigenvalue weighted by Crippen LogP contribution is -2.43. The Hall–Kier alpha value is -1.36. The van der Waals surface area contributed by atoms with Crippen molar-refractivity contribution in [1.29, 1.82) is 0 Å². The lowest BCUT2D eigenvalue weighted by Gasteiger charge is -2.31. The highest BCUT2D eigenvalue weighted by Gasteiger charge is 2.28. The zero-order valence-corrected chi connectivity index (χ0v) is 8.01. The molecule has 0 aliphatic heterocycles. The van der Waals surface area contributed by atoms with Crippen LogP contribution in [0.3, 0.4) is 0 Å². The fourth-order valence-electron chi connectivity index (χ4n) is 1.35. The third-order valence-electron chi connectivity index (χ3n) is 2.22. The molecule has 0 aromatic carbocycles. The second-order valence-electron chi connectivity index (χ2n) is 3.35. The fraction of sp³-hybridized carbons (Fsp3) is 0.556. The molecule has 1 aliphatic rings. The van der Waals surface area contributed by atoms with Crippen LogP contribution in [0.1, 0.15) is 12.8 Å². The van der Waals surface area contributed by atoms with Crippen LogP contribution in [0.5, 0.6) is 11.9 Å². The van der Waals surface area contributed by atoms with Crippen LogP contribution in [0.15, 0.2) is 12.3 Å². The standard InChI is InChI=1S/C9H13N3O2/c1-13-8-2-3-11-9(12-8)14-7-4-6(10)5-7/h2-3,6-7H,4-5,10H2,1H3. The minimum atomic E-state index is 0.164. The summed E-state index contributed by atoms with van der Waals surface area (Å²) < 4.78 is 10.4. The van der Waals surface area contributed by atoms with Crippen LogP contribution >= 0.6 is 0 Å². The van der Waals surface area contributed by atoms with E-state index in [9.17, 15) is 0 Å². The van der Waals surface area contributed by atoms with Crippen LogP contribution in [-0.4, -0.2) is 29.2 Å². The van der Waals surface area contributed by atoms with E-state index >= 15 is 0 Å². The van der Waals surface area contributed by atoms with E-state index in [-0.39, 0.29) is 12.1 Å². The third-order valence-corrected chi connectivity index (χ3v) is 2.22. The van der Waals surface area contributed by atoms with E-state index in [1.807, 2.05) is 0 Å². The molecule has 2 N–H and O–H groups in total. The summed E-state index contributed by atoms with van der Waals surface area (Å²) in [6.45, 7) is 0. The molecule has 1 saturated carbocycles. The first kappa shape index (κ1) is 9.21. The van der Waals surface area contributed by atoms with Crippen LogP contribution in [0.25, 0.3) is 0 Å². The van der Waals surface area contributed by atoms with Crippen molar-refractivity contribution >= 4 is 0 Å². The highest BCUT2D eigenvalue weighted by molar-refractivity contribution is 5.11. The molecule has 5 heteroatoms. The topological polar surface area (TPSA) is 70.3 Å². The molecular formula is C9H13N3O2. The summed E-state index contributed by atoms with van der Waals surface area (Å²) in [5.41, 5.74) is 5.63. The van der Waals surface area contributed by atoms with Gasteiger partial charge in [0.05, 0.1) is 7.11 Å². The van der Waals surface area contributed by atoms with Crippen molar-refractivity contribution in [2.45, 2.75) is 25.0 Å². The molecule has 76 valence electrons. The average molecular weight is 195 g/mol. The van der Waals surface area contributed by atoms with Crippen molar-refractivity contribution in [2.75, 3.05) is 7.11 Å². The number of methoxy groups -OCH3 is 1. The summed E-state index contributed by atoms with van der Waals surface area (Å²) in [6, 6.07) is 2.31. The predicted molar refractivity (Wildman–Crippen MR) is 50.2 cm³/mol. The van der Waals surface area contributed by atoms with Gasteiger partial charge in [-0.1, -0.05) is 0 Å². The smallest absolute Gasteiger partial charge is 0.319 e. The van der Waals surface area contributed by atoms with Crippen molar-refractivity contribution in [1.82, 2.24) is 9.97 Å². The number of hydrogen-bond donors (Lipinski definition) is 1. The molecule has 0 spiro atoms. The molecule has 2 rings (SSSR count). The average Bonchev–Trinajstić information content (AvgIpc) is 2.16. The first-order valence-electron chi connectivity index (χ1n) is 4.57. The largest absolute Gasteiger partial charge is 0.481 e. The van der Waals surface area contributed by atoms with Gasteiger partial charge < -0.3 is 15.2 Å². The van der Waals surface area contributed by atoms with Gasteiger partial charge in [0.25, 0.3) is 0 Å². The number of aromatic nitrogens is 2. The molecule has 1 aromatic rings. The second kappa shape index (κ2) is 3.79. The van der Waals surface area contributed by atoms with E-state index < -0.39 is 0 Å². The Kier molecular flexibility index (Phi) is 2.49. The van der Waals surface area contributed by atoms with Crippen molar-refractivity contribution in [3.63, 3.8) is 0 Å². The van der Waals surface area contributed by atoms with E-state index in [4.69, 9.17) is 15.2 Å². The quantitative estimate of drug-likeness (QED) is 0.753. The zero-order chi connectivity index (χ0) is 9.97. The lowest BCUT2D eigenvalue weighted by atomic mass is 9.90. The molecule has 0 bridgehead atoms. The molecule has 0 radical (unpaired) electrons. The van der Waals surface area contributed by atoms with Crippen molar-refractivity contribution < 1.29 is 9.47 Å². The van der Waals surface area contributed by atoms with Crippen molar-refractivity contribution in [3.8, 4) is 11.9 Å². The SMILES string of the molecule is COc1ccnc(OC2CC(N)C2)n1. The van der Waals surface area contributed by atoms with Crippen molar-refractivity contribution in [2.24, 2.45) is 5.73 Å². The van der Waals surface area contributed by atoms with Gasteiger partial charge in [-0.15, -0.1) is 0 Å². The van der Waals surface area contributed by atoms with E-state index in [0.29, 0.717) is 11.9 Å². The maximum Gasteiger partial charge on any atom is 0.319 e. The van der Waals surface area contributed by atoms with Gasteiger partial charge in [0, 0.05) is 18.3 Å². The molecular weight excluding hydrogens is 182 g/mol.